The van der Waals surface area contributed by atoms with E-state index < -0.39 is 5.60 Å². The number of carbonyl (C=O) groups is 1. The summed E-state index contributed by atoms with van der Waals surface area (Å²) in [5, 5.41) is 6.36. The van der Waals surface area contributed by atoms with Crippen molar-refractivity contribution in [2.75, 3.05) is 54.8 Å². The summed E-state index contributed by atoms with van der Waals surface area (Å²) >= 11 is 0. The van der Waals surface area contributed by atoms with E-state index in [1.807, 2.05) is 45.0 Å². The summed E-state index contributed by atoms with van der Waals surface area (Å²) in [6.07, 6.45) is 8.61. The molecule has 11 heteroatoms. The number of urea groups is 1. The summed E-state index contributed by atoms with van der Waals surface area (Å²) in [7, 11) is 0. The van der Waals surface area contributed by atoms with Crippen LogP contribution in [0.15, 0.2) is 91.3 Å². The second-order valence-electron chi connectivity index (χ2n) is 17.3. The van der Waals surface area contributed by atoms with Gasteiger partial charge in [-0.2, -0.15) is 0 Å². The number of carbonyl (C=O) groups excluding carboxylic acids is 1. The van der Waals surface area contributed by atoms with E-state index in [-0.39, 0.29) is 11.6 Å². The molecule has 0 unspecified atom stereocenters. The van der Waals surface area contributed by atoms with Crippen molar-refractivity contribution in [3.8, 4) is 34.0 Å². The quantitative estimate of drug-likeness (QED) is 0.167. The summed E-state index contributed by atoms with van der Waals surface area (Å²) < 4.78 is 12.2. The number of amides is 2. The Labute approximate surface area is 342 Å². The van der Waals surface area contributed by atoms with Crippen LogP contribution in [0.25, 0.3) is 22.5 Å². The molecule has 4 aliphatic heterocycles. The van der Waals surface area contributed by atoms with Crippen molar-refractivity contribution in [3.63, 3.8) is 0 Å². The first-order chi connectivity index (χ1) is 27.9. The molecule has 5 aromatic rings. The highest BCUT2D eigenvalue weighted by Crippen LogP contribution is 2.38. The summed E-state index contributed by atoms with van der Waals surface area (Å²) in [5.41, 5.74) is 7.57. The van der Waals surface area contributed by atoms with Crippen LogP contribution in [0.5, 0.6) is 11.5 Å². The standard InChI is InChI=1S/C27H31N5O2.C20H25N3O/c1-19-13-22(16-28-15-19)29-26(33)32-18-27(2,3)34-24-10-9-23(30-25(24)32)21-8-6-7-20(14-21)17-31-11-4-5-12-31;1-20(2)14-21-19-18(24-20)9-8-17(22-19)16-7-5-6-15(12-16)13-23-10-3-4-11-23/h6-10,13-16H,4-5,11-12,17-18H2,1-3H3,(H,29,33);5-9,12H,3-4,10-11,13-14H2,1-2H3,(H,21,22). The van der Waals surface area contributed by atoms with Crippen molar-refractivity contribution in [1.29, 1.82) is 0 Å². The smallest absolute Gasteiger partial charge is 0.327 e. The zero-order valence-electron chi connectivity index (χ0n) is 34.6. The average molecular weight is 781 g/mol. The minimum atomic E-state index is -0.534. The number of hydrogen-bond donors (Lipinski definition) is 2. The van der Waals surface area contributed by atoms with Crippen molar-refractivity contribution in [1.82, 2.24) is 24.8 Å². The van der Waals surface area contributed by atoms with Gasteiger partial charge in [0.25, 0.3) is 0 Å². The van der Waals surface area contributed by atoms with Gasteiger partial charge in [0, 0.05) is 30.4 Å². The molecule has 0 spiro atoms. The number of benzene rings is 2. The molecule has 0 radical (unpaired) electrons. The van der Waals surface area contributed by atoms with Crippen LogP contribution in [0, 0.1) is 6.92 Å². The van der Waals surface area contributed by atoms with Crippen LogP contribution in [-0.4, -0.2) is 81.3 Å². The molecule has 302 valence electrons. The molecule has 0 bridgehead atoms. The number of anilines is 3. The lowest BCUT2D eigenvalue weighted by molar-refractivity contribution is 0.106. The van der Waals surface area contributed by atoms with E-state index in [0.717, 1.165) is 66.8 Å². The highest BCUT2D eigenvalue weighted by atomic mass is 16.5. The lowest BCUT2D eigenvalue weighted by Gasteiger charge is -2.38. The average Bonchev–Trinajstić information content (AvgIpc) is 3.92. The fourth-order valence-corrected chi connectivity index (χ4v) is 8.14. The fraction of sp³-hybridized carbons (Fsp3) is 0.404. The minimum Gasteiger partial charge on any atom is -0.482 e. The number of likely N-dealkylation sites (tertiary alicyclic amines) is 2. The van der Waals surface area contributed by atoms with Crippen LogP contribution < -0.4 is 25.0 Å². The lowest BCUT2D eigenvalue weighted by atomic mass is 10.0. The summed E-state index contributed by atoms with van der Waals surface area (Å²) in [5.74, 6) is 2.81. The molecular weight excluding hydrogens is 725 g/mol. The van der Waals surface area contributed by atoms with Gasteiger partial charge in [-0.25, -0.2) is 14.8 Å². The van der Waals surface area contributed by atoms with Crippen molar-refractivity contribution >= 4 is 23.4 Å². The maximum absolute atomic E-state index is 13.3. The normalized spacial score (nSPS) is 18.1. The first-order valence-corrected chi connectivity index (χ1v) is 20.7. The van der Waals surface area contributed by atoms with E-state index in [2.05, 4.69) is 93.9 Å². The molecule has 2 fully saturated rings. The molecule has 0 atom stereocenters. The largest absolute Gasteiger partial charge is 0.482 e. The number of hydrogen-bond acceptors (Lipinski definition) is 9. The molecule has 4 aliphatic rings. The van der Waals surface area contributed by atoms with Gasteiger partial charge in [0.15, 0.2) is 23.1 Å². The molecule has 2 amide bonds. The number of rotatable bonds is 7. The third-order valence-corrected chi connectivity index (χ3v) is 11.0. The molecular formula is C47H56N8O3. The first-order valence-electron chi connectivity index (χ1n) is 20.7. The highest BCUT2D eigenvalue weighted by molar-refractivity contribution is 6.02. The Morgan fingerprint density at radius 2 is 1.31 bits per heavy atom. The SMILES string of the molecule is CC1(C)CNc2nc(-c3cccc(CN4CCCC4)c3)ccc2O1.Cc1cncc(NC(=O)N2CC(C)(C)Oc3ccc(-c4cccc(CN5CCCC5)c4)nc32)c1. The monoisotopic (exact) mass is 780 g/mol. The number of pyridine rings is 3. The van der Waals surface area contributed by atoms with Crippen LogP contribution in [-0.2, 0) is 13.1 Å². The van der Waals surface area contributed by atoms with Gasteiger partial charge < -0.3 is 20.1 Å². The van der Waals surface area contributed by atoms with Gasteiger partial charge in [-0.3, -0.25) is 19.7 Å². The van der Waals surface area contributed by atoms with Gasteiger partial charge in [0.2, 0.25) is 0 Å². The third kappa shape index (κ3) is 9.60. The Bertz CT molecular complexity index is 2250. The number of nitrogens with one attached hydrogen (secondary N) is 2. The number of nitrogens with zero attached hydrogens (tertiary/aromatic N) is 6. The molecule has 3 aromatic heterocycles. The Morgan fingerprint density at radius 1 is 0.724 bits per heavy atom. The van der Waals surface area contributed by atoms with Crippen molar-refractivity contribution < 1.29 is 14.3 Å². The van der Waals surface area contributed by atoms with Crippen LogP contribution in [0.1, 0.15) is 70.1 Å². The Kier molecular flexibility index (Phi) is 11.4. The maximum atomic E-state index is 13.3. The number of aromatic nitrogens is 3. The summed E-state index contributed by atoms with van der Waals surface area (Å²) in [6, 6.07) is 26.9. The Balaban J connectivity index is 0.000000172. The van der Waals surface area contributed by atoms with Gasteiger partial charge in [-0.15, -0.1) is 0 Å². The van der Waals surface area contributed by atoms with E-state index in [9.17, 15) is 4.79 Å². The summed E-state index contributed by atoms with van der Waals surface area (Å²) in [4.78, 5) is 33.8. The lowest BCUT2D eigenvalue weighted by Crippen LogP contribution is -2.51. The number of aryl methyl sites for hydroxylation is 1. The van der Waals surface area contributed by atoms with Gasteiger partial charge in [-0.1, -0.05) is 36.4 Å². The Morgan fingerprint density at radius 3 is 1.93 bits per heavy atom. The molecule has 0 saturated carbocycles. The van der Waals surface area contributed by atoms with E-state index in [0.29, 0.717) is 23.8 Å². The second-order valence-corrected chi connectivity index (χ2v) is 17.3. The van der Waals surface area contributed by atoms with Gasteiger partial charge in [0.05, 0.1) is 36.4 Å². The van der Waals surface area contributed by atoms with Crippen LogP contribution >= 0.6 is 0 Å². The van der Waals surface area contributed by atoms with Crippen molar-refractivity contribution in [2.24, 2.45) is 0 Å². The fourth-order valence-electron chi connectivity index (χ4n) is 8.14. The molecule has 2 N–H and O–H groups in total. The van der Waals surface area contributed by atoms with E-state index in [1.54, 1.807) is 17.3 Å². The van der Waals surface area contributed by atoms with Gasteiger partial charge in [-0.05, 0) is 146 Å². The minimum absolute atomic E-state index is 0.189. The molecule has 58 heavy (non-hydrogen) atoms. The van der Waals surface area contributed by atoms with Gasteiger partial charge >= 0.3 is 6.03 Å². The third-order valence-electron chi connectivity index (χ3n) is 11.0. The van der Waals surface area contributed by atoms with Gasteiger partial charge in [0.1, 0.15) is 11.2 Å². The van der Waals surface area contributed by atoms with E-state index in [1.165, 1.54) is 55.5 Å². The maximum Gasteiger partial charge on any atom is 0.327 e. The van der Waals surface area contributed by atoms with Crippen molar-refractivity contribution in [3.05, 3.63) is 108 Å². The molecule has 0 aliphatic carbocycles. The highest BCUT2D eigenvalue weighted by Gasteiger charge is 2.36. The Hall–Kier alpha value is -5.52. The molecule has 9 rings (SSSR count). The predicted molar refractivity (Wildman–Crippen MR) is 232 cm³/mol. The predicted octanol–water partition coefficient (Wildman–Crippen LogP) is 9.18. The molecule has 11 nitrogen and oxygen atoms in total. The van der Waals surface area contributed by atoms with Crippen LogP contribution in [0.2, 0.25) is 0 Å². The molecule has 2 aromatic carbocycles. The second kappa shape index (κ2) is 16.8. The first kappa shape index (κ1) is 39.3. The summed E-state index contributed by atoms with van der Waals surface area (Å²) in [6.45, 7) is 18.0. The van der Waals surface area contributed by atoms with Crippen LogP contribution in [0.3, 0.4) is 0 Å². The zero-order valence-corrected chi connectivity index (χ0v) is 34.6. The molecule has 7 heterocycles. The molecule has 2 saturated heterocycles. The topological polar surface area (TPSA) is 108 Å². The number of fused-ring (bicyclic) bond motifs is 2. The van der Waals surface area contributed by atoms with Crippen LogP contribution in [0.4, 0.5) is 22.1 Å². The van der Waals surface area contributed by atoms with E-state index in [4.69, 9.17) is 19.4 Å². The zero-order chi connectivity index (χ0) is 40.3. The number of ether oxygens (including phenoxy) is 2. The van der Waals surface area contributed by atoms with E-state index >= 15 is 0 Å². The van der Waals surface area contributed by atoms with Crippen molar-refractivity contribution in [2.45, 2.75) is 84.6 Å².